The molecular weight excluding hydrogens is 378 g/mol. The summed E-state index contributed by atoms with van der Waals surface area (Å²) in [6.07, 6.45) is 3.53. The maximum atomic E-state index is 13.0. The summed E-state index contributed by atoms with van der Waals surface area (Å²) in [5.41, 5.74) is 1.62. The van der Waals surface area contributed by atoms with Gasteiger partial charge in [-0.2, -0.15) is 5.26 Å². The second-order valence-electron chi connectivity index (χ2n) is 7.95. The molecule has 1 aromatic heterocycles. The first-order chi connectivity index (χ1) is 14.6. The van der Waals surface area contributed by atoms with Crippen LogP contribution in [0.2, 0.25) is 0 Å². The Kier molecular flexibility index (Phi) is 5.94. The fourth-order valence-electron chi connectivity index (χ4n) is 4.15. The van der Waals surface area contributed by atoms with Crippen LogP contribution < -0.4 is 5.32 Å². The van der Waals surface area contributed by atoms with Gasteiger partial charge in [-0.1, -0.05) is 30.3 Å². The number of nitriles is 1. The summed E-state index contributed by atoms with van der Waals surface area (Å²) in [6, 6.07) is 15.7. The maximum Gasteiger partial charge on any atom is 0.227 e. The van der Waals surface area contributed by atoms with Gasteiger partial charge in [0.05, 0.1) is 11.5 Å². The standard InChI is InChI=1S/C23H25N5O2/c24-13-18-6-7-21(25-14-18)26-20-8-10-27(11-9-20)23(30)19-12-22(29)28(16-19)15-17-4-2-1-3-5-17/h1-7,14,19-20H,8-12,15-16H2,(H,25,26). The number of pyridine rings is 1. The lowest BCUT2D eigenvalue weighted by molar-refractivity contribution is -0.136. The normalized spacial score (nSPS) is 19.6. The van der Waals surface area contributed by atoms with Gasteiger partial charge < -0.3 is 15.1 Å². The molecule has 2 aliphatic rings. The van der Waals surface area contributed by atoms with Gasteiger partial charge in [0, 0.05) is 44.8 Å². The molecule has 7 heteroatoms. The molecular formula is C23H25N5O2. The number of nitrogens with zero attached hydrogens (tertiary/aromatic N) is 4. The third kappa shape index (κ3) is 4.60. The van der Waals surface area contributed by atoms with Crippen LogP contribution in [0.1, 0.15) is 30.4 Å². The molecule has 30 heavy (non-hydrogen) atoms. The minimum absolute atomic E-state index is 0.0562. The number of aromatic nitrogens is 1. The first-order valence-corrected chi connectivity index (χ1v) is 10.4. The Morgan fingerprint density at radius 2 is 1.93 bits per heavy atom. The van der Waals surface area contributed by atoms with E-state index in [2.05, 4.69) is 16.4 Å². The molecule has 0 spiro atoms. The number of hydrogen-bond donors (Lipinski definition) is 1. The van der Waals surface area contributed by atoms with Crippen LogP contribution in [-0.4, -0.2) is 52.3 Å². The van der Waals surface area contributed by atoms with Crippen molar-refractivity contribution in [3.05, 3.63) is 59.8 Å². The quantitative estimate of drug-likeness (QED) is 0.828. The van der Waals surface area contributed by atoms with Gasteiger partial charge in [-0.15, -0.1) is 0 Å². The minimum Gasteiger partial charge on any atom is -0.367 e. The van der Waals surface area contributed by atoms with E-state index >= 15 is 0 Å². The molecule has 1 atom stereocenters. The van der Waals surface area contributed by atoms with E-state index in [4.69, 9.17) is 5.26 Å². The predicted molar refractivity (Wildman–Crippen MR) is 112 cm³/mol. The summed E-state index contributed by atoms with van der Waals surface area (Å²) in [5.74, 6) is 0.650. The topological polar surface area (TPSA) is 89.3 Å². The summed E-state index contributed by atoms with van der Waals surface area (Å²) >= 11 is 0. The Bertz CT molecular complexity index is 930. The monoisotopic (exact) mass is 403 g/mol. The molecule has 2 saturated heterocycles. The zero-order valence-corrected chi connectivity index (χ0v) is 16.8. The lowest BCUT2D eigenvalue weighted by Crippen LogP contribution is -2.45. The number of carbonyl (C=O) groups excluding carboxylic acids is 2. The van der Waals surface area contributed by atoms with Gasteiger partial charge in [0.1, 0.15) is 11.9 Å². The third-order valence-corrected chi connectivity index (χ3v) is 5.83. The largest absolute Gasteiger partial charge is 0.367 e. The van der Waals surface area contributed by atoms with Crippen molar-refractivity contribution in [3.8, 4) is 6.07 Å². The van der Waals surface area contributed by atoms with E-state index in [9.17, 15) is 9.59 Å². The van der Waals surface area contributed by atoms with E-state index < -0.39 is 0 Å². The fraction of sp³-hybridized carbons (Fsp3) is 0.391. The van der Waals surface area contributed by atoms with Crippen LogP contribution >= 0.6 is 0 Å². The molecule has 3 heterocycles. The van der Waals surface area contributed by atoms with Crippen LogP contribution in [0.3, 0.4) is 0 Å². The first-order valence-electron chi connectivity index (χ1n) is 10.4. The fourth-order valence-corrected chi connectivity index (χ4v) is 4.15. The second kappa shape index (κ2) is 8.95. The van der Waals surface area contributed by atoms with Gasteiger partial charge in [-0.25, -0.2) is 4.98 Å². The van der Waals surface area contributed by atoms with E-state index in [1.807, 2.05) is 41.3 Å². The molecule has 154 valence electrons. The zero-order valence-electron chi connectivity index (χ0n) is 16.8. The average Bonchev–Trinajstić information content (AvgIpc) is 3.15. The molecule has 0 bridgehead atoms. The highest BCUT2D eigenvalue weighted by Gasteiger charge is 2.37. The van der Waals surface area contributed by atoms with Crippen LogP contribution in [0.4, 0.5) is 5.82 Å². The molecule has 4 rings (SSSR count). The second-order valence-corrected chi connectivity index (χ2v) is 7.95. The van der Waals surface area contributed by atoms with Crippen molar-refractivity contribution in [3.63, 3.8) is 0 Å². The SMILES string of the molecule is N#Cc1ccc(NC2CCN(C(=O)C3CC(=O)N(Cc4ccccc4)C3)CC2)nc1. The van der Waals surface area contributed by atoms with Crippen LogP contribution in [-0.2, 0) is 16.1 Å². The Balaban J connectivity index is 1.27. The van der Waals surface area contributed by atoms with Crippen molar-refractivity contribution in [1.82, 2.24) is 14.8 Å². The number of amides is 2. The molecule has 7 nitrogen and oxygen atoms in total. The lowest BCUT2D eigenvalue weighted by Gasteiger charge is -2.34. The molecule has 2 amide bonds. The molecule has 1 aromatic carbocycles. The molecule has 1 N–H and O–H groups in total. The summed E-state index contributed by atoms with van der Waals surface area (Å²) in [4.78, 5) is 33.3. The highest BCUT2D eigenvalue weighted by molar-refractivity contribution is 5.89. The summed E-state index contributed by atoms with van der Waals surface area (Å²) in [5, 5.41) is 12.2. The minimum atomic E-state index is -0.245. The Morgan fingerprint density at radius 3 is 2.60 bits per heavy atom. The zero-order chi connectivity index (χ0) is 20.9. The highest BCUT2D eigenvalue weighted by atomic mass is 16.2. The number of carbonyl (C=O) groups is 2. The van der Waals surface area contributed by atoms with Crippen molar-refractivity contribution >= 4 is 17.6 Å². The lowest BCUT2D eigenvalue weighted by atomic mass is 10.0. The van der Waals surface area contributed by atoms with Crippen LogP contribution in [0.15, 0.2) is 48.7 Å². The molecule has 0 radical (unpaired) electrons. The van der Waals surface area contributed by atoms with Crippen molar-refractivity contribution in [1.29, 1.82) is 5.26 Å². The van der Waals surface area contributed by atoms with Crippen LogP contribution in [0.25, 0.3) is 0 Å². The van der Waals surface area contributed by atoms with Gasteiger partial charge >= 0.3 is 0 Å². The molecule has 0 saturated carbocycles. The van der Waals surface area contributed by atoms with E-state index in [-0.39, 0.29) is 23.8 Å². The van der Waals surface area contributed by atoms with Crippen LogP contribution in [0, 0.1) is 17.2 Å². The smallest absolute Gasteiger partial charge is 0.227 e. The van der Waals surface area contributed by atoms with E-state index in [0.29, 0.717) is 38.2 Å². The molecule has 0 aliphatic carbocycles. The molecule has 2 aromatic rings. The van der Waals surface area contributed by atoms with Crippen molar-refractivity contribution in [2.75, 3.05) is 25.0 Å². The van der Waals surface area contributed by atoms with Crippen molar-refractivity contribution in [2.45, 2.75) is 31.8 Å². The summed E-state index contributed by atoms with van der Waals surface area (Å²) < 4.78 is 0. The average molecular weight is 403 g/mol. The van der Waals surface area contributed by atoms with Gasteiger partial charge in [-0.3, -0.25) is 9.59 Å². The number of piperidine rings is 1. The number of nitrogens with one attached hydrogen (secondary N) is 1. The molecule has 2 fully saturated rings. The van der Waals surface area contributed by atoms with Crippen molar-refractivity contribution in [2.24, 2.45) is 5.92 Å². The van der Waals surface area contributed by atoms with Gasteiger partial charge in [0.2, 0.25) is 11.8 Å². The van der Waals surface area contributed by atoms with E-state index in [1.165, 1.54) is 0 Å². The maximum absolute atomic E-state index is 13.0. The summed E-state index contributed by atoms with van der Waals surface area (Å²) in [6.45, 7) is 2.42. The van der Waals surface area contributed by atoms with Crippen LogP contribution in [0.5, 0.6) is 0 Å². The van der Waals surface area contributed by atoms with Crippen molar-refractivity contribution < 1.29 is 9.59 Å². The number of benzene rings is 1. The number of anilines is 1. The number of rotatable bonds is 5. The molecule has 1 unspecified atom stereocenters. The Morgan fingerprint density at radius 1 is 1.17 bits per heavy atom. The van der Waals surface area contributed by atoms with Gasteiger partial charge in [0.15, 0.2) is 0 Å². The van der Waals surface area contributed by atoms with Gasteiger partial charge in [-0.05, 0) is 30.5 Å². The Hall–Kier alpha value is -3.40. The number of likely N-dealkylation sites (tertiary alicyclic amines) is 2. The number of hydrogen-bond acceptors (Lipinski definition) is 5. The Labute approximate surface area is 176 Å². The van der Waals surface area contributed by atoms with E-state index in [0.717, 1.165) is 24.2 Å². The predicted octanol–water partition coefficient (Wildman–Crippen LogP) is 2.40. The van der Waals surface area contributed by atoms with Gasteiger partial charge in [0.25, 0.3) is 0 Å². The molecule has 2 aliphatic heterocycles. The highest BCUT2D eigenvalue weighted by Crippen LogP contribution is 2.24. The summed E-state index contributed by atoms with van der Waals surface area (Å²) in [7, 11) is 0. The first kappa shape index (κ1) is 19.9. The van der Waals surface area contributed by atoms with E-state index in [1.54, 1.807) is 17.2 Å². The third-order valence-electron chi connectivity index (χ3n) is 5.83.